The molecule has 0 bridgehead atoms. The second-order valence-electron chi connectivity index (χ2n) is 4.11. The van der Waals surface area contributed by atoms with Gasteiger partial charge in [-0.1, -0.05) is 18.6 Å². The lowest BCUT2D eigenvalue weighted by atomic mass is 9.85. The molecule has 1 fully saturated rings. The van der Waals surface area contributed by atoms with E-state index in [0.717, 1.165) is 12.5 Å². The number of benzene rings is 1. The Morgan fingerprint density at radius 2 is 2.21 bits per heavy atom. The number of para-hydroxylation sites is 1. The zero-order chi connectivity index (χ0) is 9.97. The van der Waals surface area contributed by atoms with Gasteiger partial charge in [0.25, 0.3) is 0 Å². The number of rotatable bonds is 3. The summed E-state index contributed by atoms with van der Waals surface area (Å²) >= 11 is 3.57. The van der Waals surface area contributed by atoms with Crippen LogP contribution in [0.4, 0.5) is 5.69 Å². The molecule has 0 heterocycles. The van der Waals surface area contributed by atoms with E-state index in [1.807, 2.05) is 0 Å². The first-order valence-corrected chi connectivity index (χ1v) is 6.05. The number of hydrogen-bond donors (Lipinski definition) is 1. The van der Waals surface area contributed by atoms with Gasteiger partial charge in [-0.3, -0.25) is 0 Å². The molecule has 1 saturated carbocycles. The Kier molecular flexibility index (Phi) is 3.12. The fourth-order valence-electron chi connectivity index (χ4n) is 1.80. The average Bonchev–Trinajstić information content (AvgIpc) is 2.07. The van der Waals surface area contributed by atoms with E-state index in [1.54, 1.807) is 0 Å². The van der Waals surface area contributed by atoms with E-state index in [4.69, 9.17) is 0 Å². The lowest BCUT2D eigenvalue weighted by Crippen LogP contribution is -2.21. The third-order valence-corrected chi connectivity index (χ3v) is 3.68. The molecular formula is C12H16BrN. The maximum Gasteiger partial charge on any atom is 0.0514 e. The van der Waals surface area contributed by atoms with Crippen LogP contribution in [0.2, 0.25) is 0 Å². The third-order valence-electron chi connectivity index (χ3n) is 3.01. The summed E-state index contributed by atoms with van der Waals surface area (Å²) in [4.78, 5) is 0. The van der Waals surface area contributed by atoms with E-state index in [1.165, 1.54) is 35.0 Å². The smallest absolute Gasteiger partial charge is 0.0514 e. The Labute approximate surface area is 94.0 Å². The minimum absolute atomic E-state index is 0.904. The Balaban J connectivity index is 2.00. The van der Waals surface area contributed by atoms with Gasteiger partial charge in [-0.2, -0.15) is 0 Å². The Bertz CT molecular complexity index is 298. The van der Waals surface area contributed by atoms with Crippen molar-refractivity contribution in [2.75, 3.05) is 11.9 Å². The number of aryl methyl sites for hydroxylation is 1. The molecule has 0 amide bonds. The molecule has 0 aliphatic heterocycles. The van der Waals surface area contributed by atoms with Crippen LogP contribution in [0, 0.1) is 12.8 Å². The topological polar surface area (TPSA) is 12.0 Å². The molecule has 0 spiro atoms. The van der Waals surface area contributed by atoms with Crippen molar-refractivity contribution in [3.05, 3.63) is 28.2 Å². The first kappa shape index (κ1) is 10.0. The second kappa shape index (κ2) is 4.35. The summed E-state index contributed by atoms with van der Waals surface area (Å²) in [5.74, 6) is 0.904. The van der Waals surface area contributed by atoms with Gasteiger partial charge in [-0.05, 0) is 53.2 Å². The molecule has 2 rings (SSSR count). The van der Waals surface area contributed by atoms with Crippen molar-refractivity contribution in [1.82, 2.24) is 0 Å². The van der Waals surface area contributed by atoms with E-state index < -0.39 is 0 Å². The van der Waals surface area contributed by atoms with Gasteiger partial charge in [0.05, 0.1) is 5.69 Å². The van der Waals surface area contributed by atoms with Gasteiger partial charge in [-0.15, -0.1) is 0 Å². The minimum atomic E-state index is 0.904. The Morgan fingerprint density at radius 1 is 1.43 bits per heavy atom. The van der Waals surface area contributed by atoms with Crippen molar-refractivity contribution in [3.63, 3.8) is 0 Å². The highest BCUT2D eigenvalue weighted by molar-refractivity contribution is 9.10. The molecule has 1 aliphatic carbocycles. The molecule has 0 atom stereocenters. The quantitative estimate of drug-likeness (QED) is 0.860. The Hall–Kier alpha value is -0.500. The standard InChI is InChI=1S/C12H16BrN/c1-9-4-2-7-11(13)12(9)14-8-10-5-3-6-10/h2,4,7,10,14H,3,5-6,8H2,1H3. The molecule has 76 valence electrons. The molecule has 1 aliphatic rings. The third kappa shape index (κ3) is 2.11. The maximum absolute atomic E-state index is 3.57. The summed E-state index contributed by atoms with van der Waals surface area (Å²) in [7, 11) is 0. The van der Waals surface area contributed by atoms with Crippen molar-refractivity contribution in [2.24, 2.45) is 5.92 Å². The Morgan fingerprint density at radius 3 is 2.79 bits per heavy atom. The lowest BCUT2D eigenvalue weighted by molar-refractivity contribution is 0.333. The fraction of sp³-hybridized carbons (Fsp3) is 0.500. The highest BCUT2D eigenvalue weighted by Crippen LogP contribution is 2.29. The van der Waals surface area contributed by atoms with E-state index in [2.05, 4.69) is 46.4 Å². The van der Waals surface area contributed by atoms with Gasteiger partial charge in [-0.25, -0.2) is 0 Å². The molecule has 0 radical (unpaired) electrons. The molecule has 0 aromatic heterocycles. The largest absolute Gasteiger partial charge is 0.384 e. The van der Waals surface area contributed by atoms with Crippen LogP contribution in [0.15, 0.2) is 22.7 Å². The molecule has 1 nitrogen and oxygen atoms in total. The SMILES string of the molecule is Cc1cccc(Br)c1NCC1CCC1. The lowest BCUT2D eigenvalue weighted by Gasteiger charge is -2.26. The van der Waals surface area contributed by atoms with Gasteiger partial charge in [0, 0.05) is 11.0 Å². The van der Waals surface area contributed by atoms with Gasteiger partial charge in [0.15, 0.2) is 0 Å². The average molecular weight is 254 g/mol. The van der Waals surface area contributed by atoms with Crippen LogP contribution in [-0.2, 0) is 0 Å². The first-order valence-electron chi connectivity index (χ1n) is 5.26. The summed E-state index contributed by atoms with van der Waals surface area (Å²) < 4.78 is 1.18. The van der Waals surface area contributed by atoms with Gasteiger partial charge in [0.2, 0.25) is 0 Å². The summed E-state index contributed by atoms with van der Waals surface area (Å²) in [6.45, 7) is 3.28. The van der Waals surface area contributed by atoms with Crippen molar-refractivity contribution >= 4 is 21.6 Å². The molecule has 1 aromatic carbocycles. The predicted molar refractivity (Wildman–Crippen MR) is 64.7 cm³/mol. The summed E-state index contributed by atoms with van der Waals surface area (Å²) in [5.41, 5.74) is 2.58. The minimum Gasteiger partial charge on any atom is -0.384 e. The van der Waals surface area contributed by atoms with Crippen LogP contribution in [0.3, 0.4) is 0 Å². The van der Waals surface area contributed by atoms with Crippen LogP contribution >= 0.6 is 15.9 Å². The predicted octanol–water partition coefficient (Wildman–Crippen LogP) is 3.97. The molecule has 1 N–H and O–H groups in total. The molecule has 0 saturated heterocycles. The van der Waals surface area contributed by atoms with Crippen molar-refractivity contribution in [3.8, 4) is 0 Å². The number of halogens is 1. The van der Waals surface area contributed by atoms with Crippen molar-refractivity contribution < 1.29 is 0 Å². The second-order valence-corrected chi connectivity index (χ2v) is 4.96. The van der Waals surface area contributed by atoms with Crippen molar-refractivity contribution in [2.45, 2.75) is 26.2 Å². The van der Waals surface area contributed by atoms with Crippen LogP contribution < -0.4 is 5.32 Å². The fourth-order valence-corrected chi connectivity index (χ4v) is 2.40. The van der Waals surface area contributed by atoms with E-state index in [9.17, 15) is 0 Å². The van der Waals surface area contributed by atoms with Gasteiger partial charge >= 0.3 is 0 Å². The molecule has 1 aromatic rings. The zero-order valence-electron chi connectivity index (χ0n) is 8.52. The van der Waals surface area contributed by atoms with E-state index in [0.29, 0.717) is 0 Å². The van der Waals surface area contributed by atoms with Gasteiger partial charge in [0.1, 0.15) is 0 Å². The highest BCUT2D eigenvalue weighted by atomic mass is 79.9. The molecular weight excluding hydrogens is 238 g/mol. The van der Waals surface area contributed by atoms with Crippen LogP contribution in [0.5, 0.6) is 0 Å². The monoisotopic (exact) mass is 253 g/mol. The molecule has 14 heavy (non-hydrogen) atoms. The van der Waals surface area contributed by atoms with E-state index >= 15 is 0 Å². The van der Waals surface area contributed by atoms with Crippen LogP contribution in [0.1, 0.15) is 24.8 Å². The van der Waals surface area contributed by atoms with Crippen LogP contribution in [0.25, 0.3) is 0 Å². The van der Waals surface area contributed by atoms with Crippen LogP contribution in [-0.4, -0.2) is 6.54 Å². The first-order chi connectivity index (χ1) is 6.77. The summed E-state index contributed by atoms with van der Waals surface area (Å²) in [5, 5.41) is 3.54. The number of hydrogen-bond acceptors (Lipinski definition) is 1. The maximum atomic E-state index is 3.57. The van der Waals surface area contributed by atoms with E-state index in [-0.39, 0.29) is 0 Å². The van der Waals surface area contributed by atoms with Gasteiger partial charge < -0.3 is 5.32 Å². The normalized spacial score (nSPS) is 16.4. The number of anilines is 1. The molecule has 0 unspecified atom stereocenters. The molecule has 2 heteroatoms. The summed E-state index contributed by atoms with van der Waals surface area (Å²) in [6, 6.07) is 6.32. The zero-order valence-corrected chi connectivity index (χ0v) is 10.1. The highest BCUT2D eigenvalue weighted by Gasteiger charge is 2.17. The number of nitrogens with one attached hydrogen (secondary N) is 1. The van der Waals surface area contributed by atoms with Crippen molar-refractivity contribution in [1.29, 1.82) is 0 Å². The summed E-state index contributed by atoms with van der Waals surface area (Å²) in [6.07, 6.45) is 4.22.